The van der Waals surface area contributed by atoms with Gasteiger partial charge in [0.15, 0.2) is 5.82 Å². The third-order valence-corrected chi connectivity index (χ3v) is 18.7. The Morgan fingerprint density at radius 2 is 1.80 bits per heavy atom. The van der Waals surface area contributed by atoms with Crippen LogP contribution in [0.4, 0.5) is 19.0 Å². The van der Waals surface area contributed by atoms with Gasteiger partial charge in [0.2, 0.25) is 5.88 Å². The van der Waals surface area contributed by atoms with Crippen LogP contribution in [0.15, 0.2) is 24.3 Å². The minimum Gasteiger partial charge on any atom is -0.508 e. The van der Waals surface area contributed by atoms with E-state index in [2.05, 4.69) is 62.9 Å². The van der Waals surface area contributed by atoms with Gasteiger partial charge >= 0.3 is 6.01 Å². The van der Waals surface area contributed by atoms with Crippen LogP contribution in [0.1, 0.15) is 66.4 Å². The Balaban J connectivity index is 1.33. The molecule has 0 amide bonds. The second-order valence-electron chi connectivity index (χ2n) is 16.4. The Labute approximate surface area is 315 Å². The lowest BCUT2D eigenvalue weighted by atomic mass is 9.95. The monoisotopic (exact) mass is 759 g/mol. The van der Waals surface area contributed by atoms with Gasteiger partial charge in [0.05, 0.1) is 30.4 Å². The zero-order valence-electron chi connectivity index (χ0n) is 31.8. The molecule has 3 fully saturated rings. The predicted octanol–water partition coefficient (Wildman–Crippen LogP) is 7.95. The number of hydrogen-bond acceptors (Lipinski definition) is 9. The Hall–Kier alpha value is -4.12. The van der Waals surface area contributed by atoms with Gasteiger partial charge in [-0.15, -0.1) is 5.54 Å². The van der Waals surface area contributed by atoms with E-state index >= 15 is 8.78 Å². The van der Waals surface area contributed by atoms with Crippen molar-refractivity contribution in [1.82, 2.24) is 19.9 Å². The number of phenols is 1. The van der Waals surface area contributed by atoms with Crippen molar-refractivity contribution in [1.29, 1.82) is 0 Å². The molecule has 0 radical (unpaired) electrons. The number of morpholine rings is 1. The van der Waals surface area contributed by atoms with Gasteiger partial charge < -0.3 is 24.2 Å². The summed E-state index contributed by atoms with van der Waals surface area (Å²) in [6.45, 7) is 15.9. The van der Waals surface area contributed by atoms with Gasteiger partial charge in [-0.2, -0.15) is 9.97 Å². The van der Waals surface area contributed by atoms with Crippen molar-refractivity contribution in [2.75, 3.05) is 51.0 Å². The summed E-state index contributed by atoms with van der Waals surface area (Å²) in [7, 11) is -2.30. The van der Waals surface area contributed by atoms with Gasteiger partial charge in [-0.1, -0.05) is 53.5 Å². The molecule has 0 spiro atoms. The standard InChI is InChI=1S/C41H48F3N5O4Si/c1-23(2)54(24(3)4,25(5)6)15-10-30-32(43)9-8-26-16-29(50)17-31(33(26)30)36-35(44)37-34-38(49-13-14-51-20-28(49)21-52-39(34)45-36)47-40(46-37)53-22-41-11-7-12-48(41)19-27(42)18-41/h8-9,16-17,23-25,27-28,50H,7,11-14,18-22H2,1-6H3/t27-,28?,41+/m1/s1. The number of rotatable bonds is 7. The number of nitrogens with zero attached hydrogens (tertiary/aromatic N) is 5. The predicted molar refractivity (Wildman–Crippen MR) is 206 cm³/mol. The Morgan fingerprint density at radius 3 is 2.56 bits per heavy atom. The van der Waals surface area contributed by atoms with E-state index in [1.54, 1.807) is 6.07 Å². The van der Waals surface area contributed by atoms with Crippen LogP contribution in [0.25, 0.3) is 32.9 Å². The maximum absolute atomic E-state index is 17.4. The maximum atomic E-state index is 17.4. The first-order valence-corrected chi connectivity index (χ1v) is 21.4. The normalized spacial score (nSPS) is 22.8. The van der Waals surface area contributed by atoms with Gasteiger partial charge in [-0.05, 0) is 59.6 Å². The van der Waals surface area contributed by atoms with Gasteiger partial charge in [0, 0.05) is 30.5 Å². The number of benzene rings is 2. The molecule has 2 aromatic heterocycles. The molecule has 9 nitrogen and oxygen atoms in total. The number of aromatic nitrogens is 3. The molecule has 4 aliphatic heterocycles. The average Bonchev–Trinajstić information content (AvgIpc) is 3.60. The van der Waals surface area contributed by atoms with Crippen LogP contribution in [-0.4, -0.2) is 96.8 Å². The molecule has 286 valence electrons. The van der Waals surface area contributed by atoms with Crippen LogP contribution < -0.4 is 14.4 Å². The van der Waals surface area contributed by atoms with Crippen molar-refractivity contribution in [2.24, 2.45) is 0 Å². The minimum atomic E-state index is -2.30. The van der Waals surface area contributed by atoms with E-state index in [1.165, 1.54) is 18.2 Å². The number of halogens is 3. The quantitative estimate of drug-likeness (QED) is 0.149. The highest BCUT2D eigenvalue weighted by Gasteiger charge is 2.49. The summed E-state index contributed by atoms with van der Waals surface area (Å²) in [6.07, 6.45) is 1.16. The lowest BCUT2D eigenvalue weighted by Crippen LogP contribution is -2.48. The molecule has 3 saturated heterocycles. The number of pyridine rings is 1. The van der Waals surface area contributed by atoms with E-state index in [0.29, 0.717) is 65.9 Å². The molecule has 1 unspecified atom stereocenters. The molecule has 2 aromatic carbocycles. The molecule has 0 bridgehead atoms. The highest BCUT2D eigenvalue weighted by molar-refractivity contribution is 6.90. The topological polar surface area (TPSA) is 93.1 Å². The van der Waals surface area contributed by atoms with Crippen LogP contribution in [-0.2, 0) is 4.74 Å². The van der Waals surface area contributed by atoms with E-state index in [9.17, 15) is 9.50 Å². The van der Waals surface area contributed by atoms with Gasteiger partial charge in [0.25, 0.3) is 0 Å². The fourth-order valence-corrected chi connectivity index (χ4v) is 15.1. The zero-order valence-corrected chi connectivity index (χ0v) is 32.8. The summed E-state index contributed by atoms with van der Waals surface area (Å²) >= 11 is 0. The lowest BCUT2D eigenvalue weighted by molar-refractivity contribution is 0.0774. The highest BCUT2D eigenvalue weighted by atomic mass is 28.3. The fraction of sp³-hybridized carbons (Fsp3) is 0.537. The second kappa shape index (κ2) is 13.9. The number of fused-ring (bicyclic) bond motifs is 4. The summed E-state index contributed by atoms with van der Waals surface area (Å²) in [5.74, 6) is 2.31. The van der Waals surface area contributed by atoms with Crippen molar-refractivity contribution in [2.45, 2.75) is 95.2 Å². The van der Waals surface area contributed by atoms with E-state index in [1.807, 2.05) is 4.90 Å². The molecule has 0 aliphatic carbocycles. The third-order valence-electron chi connectivity index (χ3n) is 12.4. The molecule has 0 saturated carbocycles. The molecule has 13 heteroatoms. The van der Waals surface area contributed by atoms with Gasteiger partial charge in [-0.25, -0.2) is 18.2 Å². The van der Waals surface area contributed by atoms with E-state index < -0.39 is 31.4 Å². The number of alkyl halides is 1. The lowest BCUT2D eigenvalue weighted by Gasteiger charge is -2.38. The molecule has 4 aliphatic rings. The molecule has 54 heavy (non-hydrogen) atoms. The van der Waals surface area contributed by atoms with Crippen molar-refractivity contribution in [3.05, 3.63) is 41.5 Å². The number of hydrogen-bond donors (Lipinski definition) is 1. The molecule has 6 heterocycles. The molecule has 1 N–H and O–H groups in total. The minimum absolute atomic E-state index is 0.0362. The van der Waals surface area contributed by atoms with E-state index in [-0.39, 0.29) is 64.6 Å². The molecule has 3 atom stereocenters. The van der Waals surface area contributed by atoms with Crippen molar-refractivity contribution < 1.29 is 32.5 Å². The SMILES string of the molecule is CC(C)[Si](C#Cc1c(F)ccc2cc(O)cc(-c3nc4c5c(nc(OC[C@@]67CCCN6C[C@H](F)C7)nc5c3F)N3CCOCC3CO4)c12)(C(C)C)C(C)C. The molecule has 4 aromatic rings. The van der Waals surface area contributed by atoms with Crippen molar-refractivity contribution in [3.63, 3.8) is 0 Å². The Morgan fingerprint density at radius 1 is 1.02 bits per heavy atom. The van der Waals surface area contributed by atoms with Crippen LogP contribution in [0.3, 0.4) is 0 Å². The van der Waals surface area contributed by atoms with E-state index in [0.717, 1.165) is 19.4 Å². The Bertz CT molecular complexity index is 2170. The van der Waals surface area contributed by atoms with Crippen molar-refractivity contribution >= 4 is 35.6 Å². The summed E-state index contributed by atoms with van der Waals surface area (Å²) in [5, 5.41) is 12.1. The van der Waals surface area contributed by atoms with Gasteiger partial charge in [-0.3, -0.25) is 4.90 Å². The first-order chi connectivity index (χ1) is 25.8. The summed E-state index contributed by atoms with van der Waals surface area (Å²) in [5.41, 5.74) is 4.10. The highest BCUT2D eigenvalue weighted by Crippen LogP contribution is 2.45. The van der Waals surface area contributed by atoms with Gasteiger partial charge in [0.1, 0.15) is 61.4 Å². The summed E-state index contributed by atoms with van der Waals surface area (Å²) in [4.78, 5) is 18.4. The van der Waals surface area contributed by atoms with Crippen molar-refractivity contribution in [3.8, 4) is 40.4 Å². The second-order valence-corrected chi connectivity index (χ2v) is 22.0. The zero-order chi connectivity index (χ0) is 38.1. The fourth-order valence-electron chi connectivity index (χ4n) is 9.89. The van der Waals surface area contributed by atoms with Crippen LogP contribution in [0, 0.1) is 23.1 Å². The first kappa shape index (κ1) is 36.8. The average molecular weight is 760 g/mol. The van der Waals surface area contributed by atoms with E-state index in [4.69, 9.17) is 24.2 Å². The van der Waals surface area contributed by atoms with Crippen LogP contribution >= 0.6 is 0 Å². The number of ether oxygens (including phenoxy) is 3. The molecule has 8 rings (SSSR count). The molecular formula is C41H48F3N5O4Si. The number of anilines is 1. The Kier molecular flexibility index (Phi) is 9.46. The summed E-state index contributed by atoms with van der Waals surface area (Å²) in [6, 6.07) is 5.54. The number of aromatic hydroxyl groups is 1. The first-order valence-electron chi connectivity index (χ1n) is 19.2. The molecular weight excluding hydrogens is 712 g/mol. The number of phenolic OH excluding ortho intramolecular Hbond substituents is 1. The third kappa shape index (κ3) is 5.96. The largest absolute Gasteiger partial charge is 0.508 e. The van der Waals surface area contributed by atoms with Crippen LogP contribution in [0.2, 0.25) is 16.6 Å². The maximum Gasteiger partial charge on any atom is 0.319 e. The van der Waals surface area contributed by atoms with Crippen LogP contribution in [0.5, 0.6) is 17.6 Å². The smallest absolute Gasteiger partial charge is 0.319 e. The summed E-state index contributed by atoms with van der Waals surface area (Å²) < 4.78 is 66.5.